The SMILES string of the molecule is CN(C)c1ccc(-c2cc(C(F)(F)F)cc(CNCC3CCN(c4nccc(/C=C5\SC(=O)NC5=O)n4)CC3)n2)cn1. The minimum Gasteiger partial charge on any atom is -0.363 e. The molecule has 3 aromatic rings. The lowest BCUT2D eigenvalue weighted by Gasteiger charge is -2.32. The Labute approximate surface area is 244 Å². The highest BCUT2D eigenvalue weighted by molar-refractivity contribution is 8.18. The highest BCUT2D eigenvalue weighted by Gasteiger charge is 2.32. The molecule has 2 aliphatic rings. The van der Waals surface area contributed by atoms with Crippen LogP contribution in [-0.2, 0) is 17.5 Å². The summed E-state index contributed by atoms with van der Waals surface area (Å²) in [6.45, 7) is 2.26. The number of carbonyl (C=O) groups excluding carboxylic acids is 2. The first-order valence-electron chi connectivity index (χ1n) is 13.3. The fourth-order valence-corrected chi connectivity index (χ4v) is 5.35. The lowest BCUT2D eigenvalue weighted by Crippen LogP contribution is -2.38. The van der Waals surface area contributed by atoms with Gasteiger partial charge in [-0.1, -0.05) is 0 Å². The second kappa shape index (κ2) is 12.4. The smallest absolute Gasteiger partial charge is 0.363 e. The van der Waals surface area contributed by atoms with E-state index in [0.29, 0.717) is 54.3 Å². The normalized spacial score (nSPS) is 17.2. The monoisotopic (exact) mass is 598 g/mol. The number of imide groups is 1. The third-order valence-corrected chi connectivity index (χ3v) is 7.74. The molecule has 5 heterocycles. The highest BCUT2D eigenvalue weighted by Crippen LogP contribution is 2.32. The average Bonchev–Trinajstić information content (AvgIpc) is 3.28. The maximum atomic E-state index is 13.7. The van der Waals surface area contributed by atoms with Crippen molar-refractivity contribution in [2.45, 2.75) is 25.6 Å². The van der Waals surface area contributed by atoms with Crippen LogP contribution in [0.2, 0.25) is 0 Å². The van der Waals surface area contributed by atoms with E-state index >= 15 is 0 Å². The molecule has 10 nitrogen and oxygen atoms in total. The van der Waals surface area contributed by atoms with Crippen molar-refractivity contribution in [3.05, 3.63) is 64.6 Å². The second-order valence-corrected chi connectivity index (χ2v) is 11.2. The van der Waals surface area contributed by atoms with Gasteiger partial charge >= 0.3 is 6.18 Å². The van der Waals surface area contributed by atoms with Gasteiger partial charge in [0.1, 0.15) is 5.82 Å². The van der Waals surface area contributed by atoms with E-state index in [0.717, 1.165) is 36.7 Å². The molecule has 2 N–H and O–H groups in total. The summed E-state index contributed by atoms with van der Waals surface area (Å²) >= 11 is 0.835. The maximum absolute atomic E-state index is 13.7. The number of nitrogens with one attached hydrogen (secondary N) is 2. The number of nitrogens with zero attached hydrogens (tertiary/aromatic N) is 6. The van der Waals surface area contributed by atoms with Gasteiger partial charge in [0.25, 0.3) is 11.1 Å². The fraction of sp³-hybridized carbons (Fsp3) is 0.357. The van der Waals surface area contributed by atoms with E-state index < -0.39 is 22.9 Å². The summed E-state index contributed by atoms with van der Waals surface area (Å²) in [4.78, 5) is 45.1. The van der Waals surface area contributed by atoms with Crippen LogP contribution in [0.3, 0.4) is 0 Å². The molecule has 0 aliphatic carbocycles. The molecule has 14 heteroatoms. The lowest BCUT2D eigenvalue weighted by molar-refractivity contribution is -0.137. The predicted molar refractivity (Wildman–Crippen MR) is 155 cm³/mol. The topological polar surface area (TPSA) is 116 Å². The van der Waals surface area contributed by atoms with Gasteiger partial charge in [-0.3, -0.25) is 19.9 Å². The molecule has 0 aromatic carbocycles. The number of alkyl halides is 3. The lowest BCUT2D eigenvalue weighted by atomic mass is 9.97. The standard InChI is InChI=1S/C28H29F3N8O2S/c1-38(2)24-4-3-18(15-34-24)22-12-19(28(29,30)31)11-21(35-22)16-32-14-17-6-9-39(10-7-17)26-33-8-5-20(36-26)13-23-25(40)37-27(41)42-23/h3-5,8,11-13,15,17,32H,6-7,9-10,14,16H2,1-2H3,(H,37,40,41)/b23-13-. The van der Waals surface area contributed by atoms with Gasteiger partial charge in [0, 0.05) is 51.7 Å². The van der Waals surface area contributed by atoms with Crippen LogP contribution in [0.15, 0.2) is 47.6 Å². The van der Waals surface area contributed by atoms with Crippen molar-refractivity contribution in [1.29, 1.82) is 0 Å². The predicted octanol–water partition coefficient (Wildman–Crippen LogP) is 4.35. The van der Waals surface area contributed by atoms with E-state index in [4.69, 9.17) is 0 Å². The number of pyridine rings is 2. The van der Waals surface area contributed by atoms with E-state index in [2.05, 4.69) is 35.5 Å². The third kappa shape index (κ3) is 7.23. The summed E-state index contributed by atoms with van der Waals surface area (Å²) in [6.07, 6.45) is 1.91. The van der Waals surface area contributed by atoms with Gasteiger partial charge < -0.3 is 15.1 Å². The molecule has 2 saturated heterocycles. The maximum Gasteiger partial charge on any atom is 0.416 e. The van der Waals surface area contributed by atoms with Crippen LogP contribution in [0.4, 0.5) is 29.7 Å². The Morgan fingerprint density at radius 2 is 1.90 bits per heavy atom. The van der Waals surface area contributed by atoms with E-state index in [9.17, 15) is 22.8 Å². The van der Waals surface area contributed by atoms with Gasteiger partial charge in [0.15, 0.2) is 0 Å². The molecule has 0 radical (unpaired) electrons. The number of hydrogen-bond acceptors (Lipinski definition) is 10. The molecular weight excluding hydrogens is 569 g/mol. The summed E-state index contributed by atoms with van der Waals surface area (Å²) in [5, 5.41) is 5.10. The zero-order valence-electron chi connectivity index (χ0n) is 23.0. The molecule has 0 unspecified atom stereocenters. The van der Waals surface area contributed by atoms with Crippen LogP contribution in [0.25, 0.3) is 17.3 Å². The van der Waals surface area contributed by atoms with Crippen molar-refractivity contribution in [1.82, 2.24) is 30.6 Å². The molecule has 2 fully saturated rings. The Bertz CT molecular complexity index is 1490. The van der Waals surface area contributed by atoms with E-state index in [1.807, 2.05) is 19.0 Å². The minimum absolute atomic E-state index is 0.203. The number of anilines is 2. The molecule has 0 saturated carbocycles. The molecule has 42 heavy (non-hydrogen) atoms. The first-order valence-corrected chi connectivity index (χ1v) is 14.1. The summed E-state index contributed by atoms with van der Waals surface area (Å²) in [5.74, 6) is 1.12. The number of halogens is 3. The zero-order chi connectivity index (χ0) is 29.9. The van der Waals surface area contributed by atoms with Gasteiger partial charge in [-0.15, -0.1) is 0 Å². The van der Waals surface area contributed by atoms with Crippen molar-refractivity contribution in [2.75, 3.05) is 43.5 Å². The minimum atomic E-state index is -4.49. The van der Waals surface area contributed by atoms with Crippen LogP contribution in [0.5, 0.6) is 0 Å². The van der Waals surface area contributed by atoms with Crippen LogP contribution < -0.4 is 20.4 Å². The van der Waals surface area contributed by atoms with Gasteiger partial charge in [-0.25, -0.2) is 15.0 Å². The first kappa shape index (κ1) is 29.5. The van der Waals surface area contributed by atoms with Gasteiger partial charge in [-0.05, 0) is 73.5 Å². The third-order valence-electron chi connectivity index (χ3n) is 6.93. The van der Waals surface area contributed by atoms with E-state index in [-0.39, 0.29) is 17.1 Å². The summed E-state index contributed by atoms with van der Waals surface area (Å²) in [6, 6.07) is 7.28. The molecule has 3 aromatic heterocycles. The Morgan fingerprint density at radius 3 is 2.55 bits per heavy atom. The van der Waals surface area contributed by atoms with Crippen LogP contribution in [-0.4, -0.2) is 64.8 Å². The number of amides is 2. The quantitative estimate of drug-likeness (QED) is 0.363. The molecule has 0 atom stereocenters. The van der Waals surface area contributed by atoms with Crippen LogP contribution in [0, 0.1) is 5.92 Å². The Morgan fingerprint density at radius 1 is 1.12 bits per heavy atom. The second-order valence-electron chi connectivity index (χ2n) is 10.2. The number of carbonyl (C=O) groups is 2. The Hall–Kier alpha value is -4.04. The molecule has 0 spiro atoms. The molecular formula is C28H29F3N8O2S. The molecule has 5 rings (SSSR count). The zero-order valence-corrected chi connectivity index (χ0v) is 23.8. The largest absolute Gasteiger partial charge is 0.416 e. The number of aromatic nitrogens is 4. The Kier molecular flexibility index (Phi) is 8.73. The molecule has 2 amide bonds. The number of hydrogen-bond donors (Lipinski definition) is 2. The van der Waals surface area contributed by atoms with Gasteiger partial charge in [-0.2, -0.15) is 13.2 Å². The molecule has 220 valence electrons. The number of piperidine rings is 1. The average molecular weight is 599 g/mol. The number of rotatable bonds is 8. The van der Waals surface area contributed by atoms with Crippen molar-refractivity contribution in [3.63, 3.8) is 0 Å². The first-order chi connectivity index (χ1) is 20.0. The Balaban J connectivity index is 1.18. The van der Waals surface area contributed by atoms with Crippen molar-refractivity contribution < 1.29 is 22.8 Å². The van der Waals surface area contributed by atoms with E-state index in [1.165, 1.54) is 6.20 Å². The van der Waals surface area contributed by atoms with Gasteiger partial charge in [0.05, 0.1) is 27.6 Å². The van der Waals surface area contributed by atoms with Crippen molar-refractivity contribution in [3.8, 4) is 11.3 Å². The molecule has 2 aliphatic heterocycles. The van der Waals surface area contributed by atoms with Crippen molar-refractivity contribution in [2.24, 2.45) is 5.92 Å². The highest BCUT2D eigenvalue weighted by atomic mass is 32.2. The fourth-order valence-electron chi connectivity index (χ4n) is 4.68. The van der Waals surface area contributed by atoms with Gasteiger partial charge in [0.2, 0.25) is 5.95 Å². The summed E-state index contributed by atoms with van der Waals surface area (Å²) < 4.78 is 41.0. The molecule has 0 bridgehead atoms. The van der Waals surface area contributed by atoms with E-state index in [1.54, 1.807) is 30.5 Å². The van der Waals surface area contributed by atoms with Crippen LogP contribution >= 0.6 is 11.8 Å². The van der Waals surface area contributed by atoms with Crippen molar-refractivity contribution >= 4 is 40.8 Å². The summed E-state index contributed by atoms with van der Waals surface area (Å²) in [7, 11) is 3.68. The number of thioether (sulfide) groups is 1. The summed E-state index contributed by atoms with van der Waals surface area (Å²) in [5.41, 5.74) is 0.842. The van der Waals surface area contributed by atoms with Crippen LogP contribution in [0.1, 0.15) is 29.8 Å².